The summed E-state index contributed by atoms with van der Waals surface area (Å²) in [6.45, 7) is 5.89. The number of Topliss-reactive ketones (excluding diaryl/α,β-unsaturated/α-hetero) is 1. The van der Waals surface area contributed by atoms with Crippen LogP contribution in [0.1, 0.15) is 43.0 Å². The minimum absolute atomic E-state index is 0.00951. The lowest BCUT2D eigenvalue weighted by molar-refractivity contribution is -0.139. The number of methoxy groups -OCH3 is 1. The SMILES string of the molecule is COc1cc([C@@H]2C(=C(O)c3ccc4c(c3)OCCO4)C(=O)C(=O)N2CCc2ccccc2)ccc1OCCC(C)C. The molecular formula is C33H35NO7. The summed E-state index contributed by atoms with van der Waals surface area (Å²) >= 11 is 0. The van der Waals surface area contributed by atoms with Crippen LogP contribution in [0.3, 0.4) is 0 Å². The number of amides is 1. The number of carbonyl (C=O) groups is 2. The topological polar surface area (TPSA) is 94.5 Å². The number of ketones is 1. The zero-order chi connectivity index (χ0) is 28.9. The van der Waals surface area contributed by atoms with Gasteiger partial charge in [-0.05, 0) is 60.2 Å². The van der Waals surface area contributed by atoms with Gasteiger partial charge in [-0.2, -0.15) is 0 Å². The third kappa shape index (κ3) is 6.01. The third-order valence-electron chi connectivity index (χ3n) is 7.30. The number of fused-ring (bicyclic) bond motifs is 1. The first kappa shape index (κ1) is 28.1. The van der Waals surface area contributed by atoms with Crippen molar-refractivity contribution in [1.29, 1.82) is 0 Å². The van der Waals surface area contributed by atoms with Gasteiger partial charge in [0.1, 0.15) is 19.0 Å². The maximum absolute atomic E-state index is 13.5. The minimum atomic E-state index is -0.828. The summed E-state index contributed by atoms with van der Waals surface area (Å²) in [6, 6.07) is 19.3. The number of nitrogens with zero attached hydrogens (tertiary/aromatic N) is 1. The van der Waals surface area contributed by atoms with Crippen LogP contribution in [0.2, 0.25) is 0 Å². The smallest absolute Gasteiger partial charge is 0.295 e. The number of carbonyl (C=O) groups excluding carboxylic acids is 2. The second-order valence-electron chi connectivity index (χ2n) is 10.5. The van der Waals surface area contributed by atoms with Gasteiger partial charge >= 0.3 is 0 Å². The molecule has 8 heteroatoms. The summed E-state index contributed by atoms with van der Waals surface area (Å²) in [5.41, 5.74) is 2.03. The van der Waals surface area contributed by atoms with Crippen LogP contribution in [0.4, 0.5) is 0 Å². The molecule has 0 spiro atoms. The van der Waals surface area contributed by atoms with E-state index in [1.807, 2.05) is 36.4 Å². The van der Waals surface area contributed by atoms with Gasteiger partial charge in [0.25, 0.3) is 11.7 Å². The molecule has 0 aliphatic carbocycles. The van der Waals surface area contributed by atoms with Gasteiger partial charge in [-0.15, -0.1) is 0 Å². The lowest BCUT2D eigenvalue weighted by atomic mass is 9.94. The van der Waals surface area contributed by atoms with Gasteiger partial charge in [0, 0.05) is 12.1 Å². The Morgan fingerprint density at radius 3 is 2.46 bits per heavy atom. The lowest BCUT2D eigenvalue weighted by Gasteiger charge is -2.26. The largest absolute Gasteiger partial charge is 0.507 e. The highest BCUT2D eigenvalue weighted by Gasteiger charge is 2.46. The van der Waals surface area contributed by atoms with E-state index >= 15 is 0 Å². The van der Waals surface area contributed by atoms with Crippen molar-refractivity contribution >= 4 is 17.4 Å². The van der Waals surface area contributed by atoms with Crippen molar-refractivity contribution in [3.63, 3.8) is 0 Å². The average Bonchev–Trinajstić information content (AvgIpc) is 3.24. The highest BCUT2D eigenvalue weighted by atomic mass is 16.6. The molecule has 1 fully saturated rings. The van der Waals surface area contributed by atoms with Crippen molar-refractivity contribution in [1.82, 2.24) is 4.90 Å². The molecule has 214 valence electrons. The Morgan fingerprint density at radius 1 is 0.976 bits per heavy atom. The zero-order valence-electron chi connectivity index (χ0n) is 23.6. The van der Waals surface area contributed by atoms with E-state index in [9.17, 15) is 14.7 Å². The Morgan fingerprint density at radius 2 is 1.73 bits per heavy atom. The van der Waals surface area contributed by atoms with Gasteiger partial charge in [-0.3, -0.25) is 9.59 Å². The number of likely N-dealkylation sites (tertiary alicyclic amines) is 1. The molecule has 0 saturated carbocycles. The molecule has 1 N–H and O–H groups in total. The number of rotatable bonds is 10. The van der Waals surface area contributed by atoms with Gasteiger partial charge < -0.3 is 29.0 Å². The standard InChI is InChI=1S/C33H35NO7/c1-21(2)14-16-39-25-11-9-23(19-27(25)38-3)30-29(31(35)24-10-12-26-28(20-24)41-18-17-40-26)32(36)33(37)34(30)15-13-22-7-5-4-6-8-22/h4-12,19-21,30,35H,13-18H2,1-3H3/t30-/m1/s1. The predicted octanol–water partition coefficient (Wildman–Crippen LogP) is 5.56. The van der Waals surface area contributed by atoms with E-state index in [0.29, 0.717) is 66.3 Å². The summed E-state index contributed by atoms with van der Waals surface area (Å²) in [4.78, 5) is 28.5. The highest BCUT2D eigenvalue weighted by Crippen LogP contribution is 2.43. The normalized spacial score (nSPS) is 17.7. The zero-order valence-corrected chi connectivity index (χ0v) is 23.6. The molecule has 0 bridgehead atoms. The summed E-state index contributed by atoms with van der Waals surface area (Å²) in [7, 11) is 1.55. The molecule has 1 saturated heterocycles. The Hall–Kier alpha value is -4.46. The Bertz CT molecular complexity index is 1450. The van der Waals surface area contributed by atoms with E-state index in [2.05, 4.69) is 13.8 Å². The first-order valence-electron chi connectivity index (χ1n) is 13.9. The van der Waals surface area contributed by atoms with Crippen LogP contribution < -0.4 is 18.9 Å². The molecule has 2 heterocycles. The van der Waals surface area contributed by atoms with E-state index in [1.54, 1.807) is 37.4 Å². The number of aliphatic hydroxyl groups excluding tert-OH is 1. The summed E-state index contributed by atoms with van der Waals surface area (Å²) in [6.07, 6.45) is 1.43. The Labute approximate surface area is 240 Å². The second-order valence-corrected chi connectivity index (χ2v) is 10.5. The molecule has 0 radical (unpaired) electrons. The van der Waals surface area contributed by atoms with Crippen LogP contribution in [0, 0.1) is 5.92 Å². The molecule has 3 aromatic carbocycles. The summed E-state index contributed by atoms with van der Waals surface area (Å²) in [5.74, 6) is 0.899. The van der Waals surface area contributed by atoms with Gasteiger partial charge in [0.15, 0.2) is 23.0 Å². The molecule has 5 rings (SSSR count). The van der Waals surface area contributed by atoms with Crippen LogP contribution >= 0.6 is 0 Å². The van der Waals surface area contributed by atoms with Gasteiger partial charge in [0.05, 0.1) is 25.3 Å². The van der Waals surface area contributed by atoms with Gasteiger partial charge in [-0.25, -0.2) is 0 Å². The van der Waals surface area contributed by atoms with Crippen molar-refractivity contribution in [2.24, 2.45) is 5.92 Å². The monoisotopic (exact) mass is 557 g/mol. The van der Waals surface area contributed by atoms with Crippen LogP contribution in [0.15, 0.2) is 72.3 Å². The van der Waals surface area contributed by atoms with Crippen LogP contribution in [0.25, 0.3) is 5.76 Å². The highest BCUT2D eigenvalue weighted by molar-refractivity contribution is 6.46. The molecular weight excluding hydrogens is 522 g/mol. The van der Waals surface area contributed by atoms with E-state index in [1.165, 1.54) is 4.90 Å². The molecule has 2 aliphatic rings. The number of hydrogen-bond acceptors (Lipinski definition) is 7. The van der Waals surface area contributed by atoms with Gasteiger partial charge in [0.2, 0.25) is 0 Å². The number of ether oxygens (including phenoxy) is 4. The van der Waals surface area contributed by atoms with Crippen molar-refractivity contribution in [2.45, 2.75) is 32.7 Å². The quantitative estimate of drug-likeness (QED) is 0.198. The fourth-order valence-electron chi connectivity index (χ4n) is 5.08. The van der Waals surface area contributed by atoms with Crippen LogP contribution in [0.5, 0.6) is 23.0 Å². The molecule has 8 nitrogen and oxygen atoms in total. The number of aliphatic hydroxyl groups is 1. The van der Waals surface area contributed by atoms with Crippen LogP contribution in [-0.4, -0.2) is 55.2 Å². The van der Waals surface area contributed by atoms with Crippen molar-refractivity contribution in [2.75, 3.05) is 33.5 Å². The van der Waals surface area contributed by atoms with E-state index in [0.717, 1.165) is 12.0 Å². The fraction of sp³-hybridized carbons (Fsp3) is 0.333. The maximum Gasteiger partial charge on any atom is 0.295 e. The predicted molar refractivity (Wildman–Crippen MR) is 155 cm³/mol. The molecule has 0 unspecified atom stereocenters. The second kappa shape index (κ2) is 12.4. The van der Waals surface area contributed by atoms with E-state index < -0.39 is 17.7 Å². The molecule has 1 atom stereocenters. The summed E-state index contributed by atoms with van der Waals surface area (Å²) < 4.78 is 22.9. The Kier molecular flexibility index (Phi) is 8.47. The number of benzene rings is 3. The maximum atomic E-state index is 13.5. The average molecular weight is 558 g/mol. The minimum Gasteiger partial charge on any atom is -0.507 e. The first-order chi connectivity index (χ1) is 19.9. The molecule has 3 aromatic rings. The molecule has 2 aliphatic heterocycles. The first-order valence-corrected chi connectivity index (χ1v) is 13.9. The van der Waals surface area contributed by atoms with E-state index in [4.69, 9.17) is 18.9 Å². The Balaban J connectivity index is 1.55. The van der Waals surface area contributed by atoms with Crippen molar-refractivity contribution in [3.05, 3.63) is 89.0 Å². The third-order valence-corrected chi connectivity index (χ3v) is 7.30. The molecule has 41 heavy (non-hydrogen) atoms. The van der Waals surface area contributed by atoms with Crippen molar-refractivity contribution in [3.8, 4) is 23.0 Å². The van der Waals surface area contributed by atoms with E-state index in [-0.39, 0.29) is 17.9 Å². The van der Waals surface area contributed by atoms with Crippen molar-refractivity contribution < 1.29 is 33.6 Å². The fourth-order valence-corrected chi connectivity index (χ4v) is 5.08. The molecule has 1 amide bonds. The van der Waals surface area contributed by atoms with Crippen LogP contribution in [-0.2, 0) is 16.0 Å². The lowest BCUT2D eigenvalue weighted by Crippen LogP contribution is -2.31. The molecule has 0 aromatic heterocycles. The summed E-state index contributed by atoms with van der Waals surface area (Å²) in [5, 5.41) is 11.5. The number of hydrogen-bond donors (Lipinski definition) is 1. The van der Waals surface area contributed by atoms with Gasteiger partial charge in [-0.1, -0.05) is 50.2 Å².